The first kappa shape index (κ1) is 38.6. The Bertz CT molecular complexity index is 2910. The van der Waals surface area contributed by atoms with E-state index in [-0.39, 0.29) is 10.8 Å². The van der Waals surface area contributed by atoms with Gasteiger partial charge < -0.3 is 10.2 Å². The summed E-state index contributed by atoms with van der Waals surface area (Å²) in [4.78, 5) is 2.58. The summed E-state index contributed by atoms with van der Waals surface area (Å²) in [5.41, 5.74) is 23.4. The van der Waals surface area contributed by atoms with Crippen molar-refractivity contribution in [1.29, 1.82) is 0 Å². The van der Waals surface area contributed by atoms with Gasteiger partial charge in [-0.2, -0.15) is 0 Å². The van der Waals surface area contributed by atoms with E-state index in [1.807, 2.05) is 0 Å². The number of rotatable bonds is 7. The van der Waals surface area contributed by atoms with Crippen molar-refractivity contribution in [2.24, 2.45) is 0 Å². The van der Waals surface area contributed by atoms with Crippen LogP contribution in [0.1, 0.15) is 62.8 Å². The monoisotopic (exact) mass is 787 g/mol. The summed E-state index contributed by atoms with van der Waals surface area (Å²) in [7, 11) is 2.48. The molecule has 0 amide bonds. The quantitative estimate of drug-likeness (QED) is 0.162. The van der Waals surface area contributed by atoms with Crippen molar-refractivity contribution in [3.8, 4) is 44.5 Å². The second-order valence-electron chi connectivity index (χ2n) is 18.5. The molecule has 1 radical (unpaired) electrons. The lowest BCUT2D eigenvalue weighted by atomic mass is 9.55. The van der Waals surface area contributed by atoms with Gasteiger partial charge in [0, 0.05) is 34.0 Å². The van der Waals surface area contributed by atoms with Crippen LogP contribution < -0.4 is 21.1 Å². The van der Waals surface area contributed by atoms with Gasteiger partial charge in [-0.3, -0.25) is 0 Å². The Hall–Kier alpha value is -6.58. The zero-order valence-corrected chi connectivity index (χ0v) is 36.2. The van der Waals surface area contributed by atoms with Crippen LogP contribution in [0.25, 0.3) is 44.5 Å². The molecule has 0 bridgehead atoms. The number of fused-ring (bicyclic) bond motifs is 3. The van der Waals surface area contributed by atoms with Crippen LogP contribution in [0.4, 0.5) is 28.4 Å². The number of aryl methyl sites for hydroxylation is 2. The maximum Gasteiger partial charge on any atom is 0.197 e. The first-order chi connectivity index (χ1) is 29.5. The maximum absolute atomic E-state index is 3.92. The van der Waals surface area contributed by atoms with Gasteiger partial charge in [-0.15, -0.1) is 0 Å². The van der Waals surface area contributed by atoms with Gasteiger partial charge in [-0.05, 0) is 141 Å². The van der Waals surface area contributed by atoms with Crippen LogP contribution in [0.15, 0.2) is 176 Å². The molecule has 2 nitrogen and oxygen atoms in total. The van der Waals surface area contributed by atoms with E-state index in [2.05, 4.69) is 235 Å². The van der Waals surface area contributed by atoms with Gasteiger partial charge in [0.1, 0.15) is 0 Å². The Morgan fingerprint density at radius 2 is 0.984 bits per heavy atom. The molecule has 0 spiro atoms. The Morgan fingerprint density at radius 1 is 0.459 bits per heavy atom. The summed E-state index contributed by atoms with van der Waals surface area (Å²) >= 11 is 0. The highest BCUT2D eigenvalue weighted by atomic mass is 15.2. The number of hydrogen-bond donors (Lipinski definition) is 1. The van der Waals surface area contributed by atoms with Crippen LogP contribution in [0.5, 0.6) is 0 Å². The molecule has 10 rings (SSSR count). The van der Waals surface area contributed by atoms with E-state index in [0.29, 0.717) is 0 Å². The van der Waals surface area contributed by atoms with Crippen LogP contribution in [0.3, 0.4) is 0 Å². The van der Waals surface area contributed by atoms with E-state index < -0.39 is 0 Å². The summed E-state index contributed by atoms with van der Waals surface area (Å²) in [6, 6.07) is 64.7. The van der Waals surface area contributed by atoms with Gasteiger partial charge in [-0.25, -0.2) is 0 Å². The molecule has 0 saturated carbocycles. The molecule has 1 N–H and O–H groups in total. The number of nitrogens with one attached hydrogen (secondary N) is 1. The predicted octanol–water partition coefficient (Wildman–Crippen LogP) is 14.5. The number of hydrogen-bond acceptors (Lipinski definition) is 2. The Balaban J connectivity index is 1.18. The van der Waals surface area contributed by atoms with Crippen molar-refractivity contribution in [3.05, 3.63) is 198 Å². The molecule has 297 valence electrons. The molecule has 3 heteroatoms. The second-order valence-corrected chi connectivity index (χ2v) is 18.5. The molecule has 0 aromatic heterocycles. The summed E-state index contributed by atoms with van der Waals surface area (Å²) < 4.78 is 0. The van der Waals surface area contributed by atoms with Crippen molar-refractivity contribution in [2.45, 2.75) is 65.2 Å². The minimum Gasteiger partial charge on any atom is -0.355 e. The molecule has 0 fully saturated rings. The Morgan fingerprint density at radius 3 is 1.61 bits per heavy atom. The van der Waals surface area contributed by atoms with Gasteiger partial charge >= 0.3 is 0 Å². The van der Waals surface area contributed by atoms with Crippen LogP contribution in [-0.4, -0.2) is 7.28 Å². The average Bonchev–Trinajstić information content (AvgIpc) is 3.28. The molecule has 8 aromatic carbocycles. The third-order valence-corrected chi connectivity index (χ3v) is 13.3. The SMILES string of the molecule is Cc1cc(-c2ccc(-c3ccccc3)cc2Nc2ccc(-c3ccccc3)cc2)c2c(c1)N(c1cc(-c3ccccc3)ccc1C)c1cc3c(cc1[B]2)C(C)(C)CCC3(C)C. The van der Waals surface area contributed by atoms with E-state index in [9.17, 15) is 0 Å². The molecule has 0 atom stereocenters. The van der Waals surface area contributed by atoms with E-state index in [1.54, 1.807) is 0 Å². The van der Waals surface area contributed by atoms with Crippen molar-refractivity contribution in [1.82, 2.24) is 0 Å². The average molecular weight is 788 g/mol. The van der Waals surface area contributed by atoms with Gasteiger partial charge in [0.2, 0.25) is 0 Å². The van der Waals surface area contributed by atoms with Gasteiger partial charge in [0.15, 0.2) is 7.28 Å². The maximum atomic E-state index is 3.92. The molecular formula is C58H52BN2. The van der Waals surface area contributed by atoms with Crippen LogP contribution in [-0.2, 0) is 10.8 Å². The molecule has 61 heavy (non-hydrogen) atoms. The zero-order valence-electron chi connectivity index (χ0n) is 36.2. The lowest BCUT2D eigenvalue weighted by Crippen LogP contribution is -2.44. The second kappa shape index (κ2) is 15.2. The van der Waals surface area contributed by atoms with Crippen molar-refractivity contribution in [3.63, 3.8) is 0 Å². The molecule has 2 aliphatic rings. The molecular weight excluding hydrogens is 735 g/mol. The molecule has 8 aromatic rings. The fourth-order valence-corrected chi connectivity index (χ4v) is 9.70. The van der Waals surface area contributed by atoms with Crippen LogP contribution >= 0.6 is 0 Å². The van der Waals surface area contributed by atoms with Crippen molar-refractivity contribution >= 4 is 46.6 Å². The largest absolute Gasteiger partial charge is 0.355 e. The van der Waals surface area contributed by atoms with Gasteiger partial charge in [0.25, 0.3) is 0 Å². The minimum atomic E-state index is 0.0743. The topological polar surface area (TPSA) is 15.3 Å². The fourth-order valence-electron chi connectivity index (χ4n) is 9.70. The summed E-state index contributed by atoms with van der Waals surface area (Å²) in [5.74, 6) is 0. The van der Waals surface area contributed by atoms with E-state index in [4.69, 9.17) is 0 Å². The summed E-state index contributed by atoms with van der Waals surface area (Å²) in [6.45, 7) is 14.2. The highest BCUT2D eigenvalue weighted by Gasteiger charge is 2.40. The summed E-state index contributed by atoms with van der Waals surface area (Å²) in [6.07, 6.45) is 2.34. The van der Waals surface area contributed by atoms with E-state index in [1.165, 1.54) is 108 Å². The summed E-state index contributed by atoms with van der Waals surface area (Å²) in [5, 5.41) is 3.92. The highest BCUT2D eigenvalue weighted by Crippen LogP contribution is 2.49. The van der Waals surface area contributed by atoms with Crippen LogP contribution in [0.2, 0.25) is 0 Å². The van der Waals surface area contributed by atoms with Gasteiger partial charge in [0.05, 0.1) is 0 Å². The lowest BCUT2D eigenvalue weighted by Gasteiger charge is -2.44. The normalized spacial score (nSPS) is 14.6. The third-order valence-electron chi connectivity index (χ3n) is 13.3. The standard InChI is InChI=1S/C58H52BN2/c1-38-32-48(47-29-26-44(41-18-12-8-13-19-41)34-52(47)60-46-27-24-43(25-28-46)40-16-10-7-11-17-40)56-55(33-38)61(53-35-45(23-22-39(53)2)42-20-14-9-15-21-42)54-37-50-49(36-51(54)59-56)57(3,4)30-31-58(50,5)6/h7-29,32-37,60H,30-31H2,1-6H3. The first-order valence-electron chi connectivity index (χ1n) is 21.8. The van der Waals surface area contributed by atoms with E-state index >= 15 is 0 Å². The van der Waals surface area contributed by atoms with Crippen molar-refractivity contribution in [2.75, 3.05) is 10.2 Å². The minimum absolute atomic E-state index is 0.0743. The number of benzene rings is 8. The first-order valence-corrected chi connectivity index (χ1v) is 21.8. The fraction of sp³-hybridized carbons (Fsp3) is 0.172. The highest BCUT2D eigenvalue weighted by molar-refractivity contribution is 6.73. The predicted molar refractivity (Wildman–Crippen MR) is 262 cm³/mol. The molecule has 0 saturated heterocycles. The smallest absolute Gasteiger partial charge is 0.197 e. The van der Waals surface area contributed by atoms with Crippen molar-refractivity contribution < 1.29 is 0 Å². The lowest BCUT2D eigenvalue weighted by molar-refractivity contribution is 0.332. The number of anilines is 5. The third kappa shape index (κ3) is 7.16. The molecule has 1 heterocycles. The Kier molecular flexibility index (Phi) is 9.60. The number of nitrogens with zero attached hydrogens (tertiary/aromatic N) is 1. The molecule has 1 aliphatic carbocycles. The zero-order chi connectivity index (χ0) is 41.9. The van der Waals surface area contributed by atoms with Crippen LogP contribution in [0, 0.1) is 13.8 Å². The van der Waals surface area contributed by atoms with Gasteiger partial charge in [-0.1, -0.05) is 173 Å². The van der Waals surface area contributed by atoms with E-state index in [0.717, 1.165) is 11.4 Å². The Labute approximate surface area is 363 Å². The molecule has 1 aliphatic heterocycles. The molecule has 0 unspecified atom stereocenters.